The van der Waals surface area contributed by atoms with Crippen LogP contribution in [0.3, 0.4) is 0 Å². The Kier molecular flexibility index (Phi) is 4.87. The van der Waals surface area contributed by atoms with E-state index < -0.39 is 15.9 Å². The summed E-state index contributed by atoms with van der Waals surface area (Å²) in [7, 11) is -3.01. The topological polar surface area (TPSA) is 93.8 Å². The molecule has 1 fully saturated rings. The monoisotopic (exact) mass is 337 g/mol. The summed E-state index contributed by atoms with van der Waals surface area (Å²) in [5, 5.41) is 3.15. The molecule has 1 saturated heterocycles. The Morgan fingerprint density at radius 2 is 2.17 bits per heavy atom. The fraction of sp³-hybridized carbons (Fsp3) is 0.562. The first kappa shape index (κ1) is 16.3. The van der Waals surface area contributed by atoms with Crippen molar-refractivity contribution in [3.8, 4) is 0 Å². The molecule has 0 amide bonds. The number of ether oxygens (including phenoxy) is 1. The van der Waals surface area contributed by atoms with Crippen LogP contribution in [0.1, 0.15) is 24.0 Å². The first-order chi connectivity index (χ1) is 11.0. The summed E-state index contributed by atoms with van der Waals surface area (Å²) >= 11 is 0. The fourth-order valence-corrected chi connectivity index (χ4v) is 4.42. The predicted molar refractivity (Wildman–Crippen MR) is 91.6 cm³/mol. The Hall–Kier alpha value is -1.60. The average Bonchev–Trinajstić information content (AvgIpc) is 2.52. The van der Waals surface area contributed by atoms with E-state index >= 15 is 0 Å². The predicted octanol–water partition coefficient (Wildman–Crippen LogP) is 1.11. The summed E-state index contributed by atoms with van der Waals surface area (Å²) in [6, 6.07) is 6.19. The number of anilines is 1. The Morgan fingerprint density at radius 3 is 3.00 bits per heavy atom. The fourth-order valence-electron chi connectivity index (χ4n) is 3.14. The molecule has 0 aromatic heterocycles. The van der Waals surface area contributed by atoms with E-state index in [9.17, 15) is 8.42 Å². The second-order valence-electron chi connectivity index (χ2n) is 6.11. The van der Waals surface area contributed by atoms with Gasteiger partial charge in [-0.1, -0.05) is 12.1 Å². The van der Waals surface area contributed by atoms with Gasteiger partial charge in [-0.05, 0) is 42.9 Å². The van der Waals surface area contributed by atoms with E-state index in [1.807, 2.05) is 12.1 Å². The number of nitrogens with one attached hydrogen (secondary N) is 1. The number of nitrogens with two attached hydrogens (primary N) is 1. The number of sulfone groups is 1. The third kappa shape index (κ3) is 4.23. The summed E-state index contributed by atoms with van der Waals surface area (Å²) in [4.78, 5) is 4.25. The van der Waals surface area contributed by atoms with Gasteiger partial charge in [0.05, 0.1) is 30.8 Å². The highest BCUT2D eigenvalue weighted by molar-refractivity contribution is 7.91. The highest BCUT2D eigenvalue weighted by atomic mass is 32.2. The lowest BCUT2D eigenvalue weighted by Crippen LogP contribution is -2.37. The Labute approximate surface area is 137 Å². The zero-order chi connectivity index (χ0) is 16.3. The van der Waals surface area contributed by atoms with Crippen LogP contribution in [0.5, 0.6) is 0 Å². The van der Waals surface area contributed by atoms with E-state index in [4.69, 9.17) is 10.5 Å². The van der Waals surface area contributed by atoms with E-state index in [2.05, 4.69) is 16.4 Å². The van der Waals surface area contributed by atoms with Crippen LogP contribution >= 0.6 is 0 Å². The zero-order valence-electron chi connectivity index (χ0n) is 13.1. The Morgan fingerprint density at radius 1 is 1.35 bits per heavy atom. The van der Waals surface area contributed by atoms with Crippen molar-refractivity contribution in [1.82, 2.24) is 0 Å². The number of benzene rings is 1. The molecule has 0 spiro atoms. The largest absolute Gasteiger partial charge is 0.374 e. The molecule has 1 aliphatic carbocycles. The molecule has 0 saturated carbocycles. The number of hydrogen-bond acceptors (Lipinski definition) is 4. The molecule has 2 aliphatic rings. The van der Waals surface area contributed by atoms with Gasteiger partial charge in [-0.2, -0.15) is 0 Å². The van der Waals surface area contributed by atoms with Gasteiger partial charge in [-0.25, -0.2) is 8.42 Å². The van der Waals surface area contributed by atoms with Crippen molar-refractivity contribution >= 4 is 21.5 Å². The Balaban J connectivity index is 1.64. The number of fused-ring (bicyclic) bond motifs is 1. The van der Waals surface area contributed by atoms with Crippen molar-refractivity contribution < 1.29 is 13.2 Å². The van der Waals surface area contributed by atoms with E-state index in [1.54, 1.807) is 0 Å². The van der Waals surface area contributed by atoms with Crippen molar-refractivity contribution in [2.24, 2.45) is 10.7 Å². The summed E-state index contributed by atoms with van der Waals surface area (Å²) in [6.45, 7) is 0.495. The number of guanidine groups is 1. The van der Waals surface area contributed by atoms with Gasteiger partial charge >= 0.3 is 0 Å². The quantitative estimate of drug-likeness (QED) is 0.636. The molecule has 6 nitrogen and oxygen atoms in total. The van der Waals surface area contributed by atoms with Gasteiger partial charge < -0.3 is 15.8 Å². The van der Waals surface area contributed by atoms with Crippen molar-refractivity contribution in [2.45, 2.75) is 31.8 Å². The number of nitrogens with zero attached hydrogens (tertiary/aromatic N) is 1. The van der Waals surface area contributed by atoms with Gasteiger partial charge in [0.25, 0.3) is 0 Å². The van der Waals surface area contributed by atoms with Gasteiger partial charge in [0, 0.05) is 5.69 Å². The molecule has 1 aromatic rings. The minimum absolute atomic E-state index is 0.0184. The summed E-state index contributed by atoms with van der Waals surface area (Å²) < 4.78 is 28.6. The molecule has 3 N–H and O–H groups in total. The third-order valence-corrected chi connectivity index (χ3v) is 5.98. The van der Waals surface area contributed by atoms with Crippen molar-refractivity contribution in [2.75, 3.05) is 30.0 Å². The van der Waals surface area contributed by atoms with Crippen LogP contribution in [-0.4, -0.2) is 45.1 Å². The SMILES string of the molecule is NC(=NCC1CS(=O)(=O)CCO1)Nc1cccc2c1CCCC2. The first-order valence-electron chi connectivity index (χ1n) is 8.03. The molecule has 7 heteroatoms. The standard InChI is InChI=1S/C16H23N3O3S/c17-16(18-10-13-11-23(20,21)9-8-22-13)19-15-7-3-5-12-4-1-2-6-14(12)15/h3,5,7,13H,1-2,4,6,8-11H2,(H3,17,18,19). The van der Waals surface area contributed by atoms with Crippen LogP contribution in [0.4, 0.5) is 5.69 Å². The van der Waals surface area contributed by atoms with Crippen molar-refractivity contribution in [3.05, 3.63) is 29.3 Å². The molecular formula is C16H23N3O3S. The maximum atomic E-state index is 11.6. The minimum Gasteiger partial charge on any atom is -0.374 e. The van der Waals surface area contributed by atoms with Gasteiger partial charge in [-0.3, -0.25) is 4.99 Å². The molecular weight excluding hydrogens is 314 g/mol. The third-order valence-electron chi connectivity index (χ3n) is 4.31. The van der Waals surface area contributed by atoms with Crippen LogP contribution < -0.4 is 11.1 Å². The van der Waals surface area contributed by atoms with Crippen LogP contribution in [0, 0.1) is 0 Å². The van der Waals surface area contributed by atoms with E-state index in [1.165, 1.54) is 24.0 Å². The van der Waals surface area contributed by atoms with E-state index in [0.29, 0.717) is 5.96 Å². The van der Waals surface area contributed by atoms with Crippen molar-refractivity contribution in [1.29, 1.82) is 0 Å². The van der Waals surface area contributed by atoms with Gasteiger partial charge in [-0.15, -0.1) is 0 Å². The first-order valence-corrected chi connectivity index (χ1v) is 9.85. The smallest absolute Gasteiger partial charge is 0.193 e. The molecule has 126 valence electrons. The second-order valence-corrected chi connectivity index (χ2v) is 8.34. The van der Waals surface area contributed by atoms with Gasteiger partial charge in [0.15, 0.2) is 15.8 Å². The van der Waals surface area contributed by atoms with E-state index in [0.717, 1.165) is 18.5 Å². The summed E-state index contributed by atoms with van der Waals surface area (Å²) in [5.41, 5.74) is 9.64. The summed E-state index contributed by atoms with van der Waals surface area (Å²) in [5.74, 6) is 0.414. The lowest BCUT2D eigenvalue weighted by Gasteiger charge is -2.22. The van der Waals surface area contributed by atoms with E-state index in [-0.39, 0.29) is 24.7 Å². The molecule has 0 bridgehead atoms. The van der Waals surface area contributed by atoms with Gasteiger partial charge in [0.1, 0.15) is 0 Å². The number of aliphatic imine (C=N–C) groups is 1. The summed E-state index contributed by atoms with van der Waals surface area (Å²) in [6.07, 6.45) is 4.17. The molecule has 1 atom stereocenters. The molecule has 0 radical (unpaired) electrons. The average molecular weight is 337 g/mol. The lowest BCUT2D eigenvalue weighted by molar-refractivity contribution is 0.0783. The molecule has 1 unspecified atom stereocenters. The number of hydrogen-bond donors (Lipinski definition) is 2. The number of rotatable bonds is 3. The van der Waals surface area contributed by atoms with Crippen LogP contribution in [0.15, 0.2) is 23.2 Å². The zero-order valence-corrected chi connectivity index (χ0v) is 13.9. The highest BCUT2D eigenvalue weighted by Crippen LogP contribution is 2.27. The highest BCUT2D eigenvalue weighted by Gasteiger charge is 2.25. The lowest BCUT2D eigenvalue weighted by atomic mass is 9.90. The molecule has 1 heterocycles. The second kappa shape index (κ2) is 6.88. The maximum Gasteiger partial charge on any atom is 0.193 e. The molecule has 3 rings (SSSR count). The number of aryl methyl sites for hydroxylation is 1. The normalized spacial score (nSPS) is 24.0. The Bertz CT molecular complexity index is 701. The maximum absolute atomic E-state index is 11.6. The van der Waals surface area contributed by atoms with Crippen LogP contribution in [-0.2, 0) is 27.4 Å². The van der Waals surface area contributed by atoms with Gasteiger partial charge in [0.2, 0.25) is 0 Å². The molecule has 1 aromatic carbocycles. The minimum atomic E-state index is -3.01. The molecule has 1 aliphatic heterocycles. The van der Waals surface area contributed by atoms with Crippen LogP contribution in [0.2, 0.25) is 0 Å². The van der Waals surface area contributed by atoms with Crippen LogP contribution in [0.25, 0.3) is 0 Å². The van der Waals surface area contributed by atoms with Crippen molar-refractivity contribution in [3.63, 3.8) is 0 Å². The molecule has 23 heavy (non-hydrogen) atoms.